The van der Waals surface area contributed by atoms with E-state index >= 15 is 24.0 Å². The Morgan fingerprint density at radius 3 is 1.92 bits per heavy atom. The molecule has 7 aliphatic rings. The number of phenols is 3. The second-order valence-electron chi connectivity index (χ2n) is 35.1. The Hall–Kier alpha value is -10.9. The van der Waals surface area contributed by atoms with Gasteiger partial charge in [0.15, 0.2) is 23.6 Å². The smallest absolute Gasteiger partial charge is 0.330 e. The van der Waals surface area contributed by atoms with Crippen LogP contribution in [-0.4, -0.2) is 268 Å². The number of likely N-dealkylation sites (N-methyl/N-ethyl adjacent to an activating group) is 1. The van der Waals surface area contributed by atoms with E-state index in [-0.39, 0.29) is 73.1 Å². The number of rotatable bonds is 28. The fraction of sp³-hybridized carbons (Fsp3) is 0.478. The average Bonchev–Trinajstić information content (AvgIpc) is 0.741. The highest BCUT2D eigenvalue weighted by molar-refractivity contribution is 6.83. The summed E-state index contributed by atoms with van der Waals surface area (Å²) in [6, 6.07) is 5.41. The molecule has 1 saturated heterocycles. The molecule has 0 spiro atoms. The third kappa shape index (κ3) is 24.1. The van der Waals surface area contributed by atoms with Gasteiger partial charge in [0.1, 0.15) is 122 Å². The number of ether oxygens (including phenoxy) is 5. The summed E-state index contributed by atoms with van der Waals surface area (Å²) in [5, 5.41) is 195. The van der Waals surface area contributed by atoms with Crippen LogP contribution in [0.4, 0.5) is 0 Å². The van der Waals surface area contributed by atoms with Gasteiger partial charge < -0.3 is 159 Å². The Labute approximate surface area is 774 Å². The van der Waals surface area contributed by atoms with Crippen LogP contribution in [0, 0.1) is 23.3 Å². The van der Waals surface area contributed by atoms with E-state index in [1.807, 2.05) is 45.0 Å². The number of carboxylic acid groups (broad SMARTS) is 1. The van der Waals surface area contributed by atoms with E-state index in [0.717, 1.165) is 71.8 Å². The number of amides is 8. The largest absolute Gasteiger partial charge is 0.507 e. The highest BCUT2D eigenvalue weighted by Crippen LogP contribution is 2.51. The zero-order valence-electron chi connectivity index (χ0n) is 73.7. The van der Waals surface area contributed by atoms with E-state index in [1.54, 1.807) is 6.92 Å². The minimum atomic E-state index is -2.43. The molecule has 22 atom stereocenters. The SMILES string of the molecule is CCC1(NCc2ccc(C#C[Si](C)(C)C)cc2)C[C@H](O[C@H]2C(Oc3c4cc5cc3Oc3ccc(cc3Cl)[C@@H](O)[C@@H](NC(=O)[C@@H](CC(C)C)NC)C(=O)NC(CC(N)=O)C(=O)N[C@H]5C(=O)N[C@H]3C(=O)N[C@H](C(=O)N[C@H](C(=O)O)c5cc(O)c(CNCCCNC(=O)[C@H](O)[C@@H](O)[C@H](O)[C@H](O)CO)c(O)c5-c5cc3ccc5O)[C@H](O)c3ccc(c(Cl)c3)O4)O[C@H](CO)C(O)C2O)C[C@@H](C)[C@H]1O. The summed E-state index contributed by atoms with van der Waals surface area (Å²) < 4.78 is 33.8. The van der Waals surface area contributed by atoms with Crippen molar-refractivity contribution in [1.29, 1.82) is 0 Å². The minimum absolute atomic E-state index is 0.0141. The summed E-state index contributed by atoms with van der Waals surface area (Å²) in [5.41, 5.74) is 5.94. The number of hydrogen-bond acceptors (Lipinski definition) is 31. The number of phenolic OH excluding ortho intramolecular Hbond substituents is 3. The van der Waals surface area contributed by atoms with Crippen LogP contribution in [0.25, 0.3) is 11.1 Å². The second-order valence-corrected chi connectivity index (χ2v) is 40.7. The molecule has 27 N–H and O–H groups in total. The number of carbonyl (C=O) groups is 9. The van der Waals surface area contributed by atoms with E-state index in [9.17, 15) is 95.8 Å². The molecule has 11 bridgehead atoms. The number of hydrogen-bond donors (Lipinski definition) is 26. The first-order chi connectivity index (χ1) is 62.9. The molecule has 13 rings (SSSR count). The summed E-state index contributed by atoms with van der Waals surface area (Å²) in [6.45, 7) is 11.0. The molecule has 6 aliphatic heterocycles. The van der Waals surface area contributed by atoms with E-state index in [0.29, 0.717) is 6.42 Å². The van der Waals surface area contributed by atoms with Gasteiger partial charge in [-0.15, -0.1) is 5.54 Å². The molecule has 1 saturated carbocycles. The van der Waals surface area contributed by atoms with Crippen LogP contribution in [0.3, 0.4) is 0 Å². The number of aliphatic carboxylic acids is 1. The number of carboxylic acids is 1. The molecule has 40 nitrogen and oxygen atoms in total. The lowest BCUT2D eigenvalue weighted by Crippen LogP contribution is -2.64. The molecule has 0 radical (unpaired) electrons. The van der Waals surface area contributed by atoms with E-state index in [2.05, 4.69) is 84.3 Å². The number of fused-ring (bicyclic) bond motifs is 15. The highest BCUT2D eigenvalue weighted by atomic mass is 35.5. The van der Waals surface area contributed by atoms with Crippen LogP contribution in [0.15, 0.2) is 97.1 Å². The van der Waals surface area contributed by atoms with Crippen molar-refractivity contribution < 1.29 is 143 Å². The lowest BCUT2D eigenvalue weighted by molar-refractivity contribution is -0.299. The van der Waals surface area contributed by atoms with Crippen molar-refractivity contribution in [2.24, 2.45) is 17.6 Å². The molecule has 6 aromatic rings. The van der Waals surface area contributed by atoms with E-state index in [1.165, 1.54) is 19.2 Å². The normalized spacial score (nSPS) is 26.2. The zero-order chi connectivity index (χ0) is 97.3. The van der Waals surface area contributed by atoms with Crippen molar-refractivity contribution in [2.75, 3.05) is 33.4 Å². The first kappa shape index (κ1) is 103. The zero-order valence-corrected chi connectivity index (χ0v) is 76.2. The van der Waals surface area contributed by atoms with Crippen molar-refractivity contribution >= 4 is 84.5 Å². The van der Waals surface area contributed by atoms with Crippen molar-refractivity contribution in [2.45, 2.75) is 226 Å². The van der Waals surface area contributed by atoms with Gasteiger partial charge >= 0.3 is 5.97 Å². The number of aromatic hydroxyl groups is 3. The van der Waals surface area contributed by atoms with Gasteiger partial charge in [-0.05, 0) is 152 Å². The van der Waals surface area contributed by atoms with Crippen molar-refractivity contribution in [3.8, 4) is 68.6 Å². The minimum Gasteiger partial charge on any atom is -0.507 e. The predicted molar refractivity (Wildman–Crippen MR) is 477 cm³/mol. The summed E-state index contributed by atoms with van der Waals surface area (Å²) in [4.78, 5) is 133. The Balaban J connectivity index is 1.08. The van der Waals surface area contributed by atoms with Gasteiger partial charge in [-0.3, -0.25) is 38.4 Å². The van der Waals surface area contributed by atoms with Gasteiger partial charge in [0.25, 0.3) is 5.91 Å². The van der Waals surface area contributed by atoms with E-state index < -0.39 is 299 Å². The molecular formula is C90H113Cl2N11O29Si. The van der Waals surface area contributed by atoms with Gasteiger partial charge in [0.2, 0.25) is 53.4 Å². The number of nitrogens with one attached hydrogen (secondary N) is 10. The lowest BCUT2D eigenvalue weighted by Gasteiger charge is -2.50. The number of primary amides is 1. The molecular weight excluding hydrogens is 1800 g/mol. The van der Waals surface area contributed by atoms with E-state index in [4.69, 9.17) is 52.6 Å². The third-order valence-electron chi connectivity index (χ3n) is 23.8. The summed E-state index contributed by atoms with van der Waals surface area (Å²) in [6.07, 6.45) is -24.9. The highest BCUT2D eigenvalue weighted by Gasteiger charge is 2.53. The summed E-state index contributed by atoms with van der Waals surface area (Å²) >= 11 is 14.4. The maximum Gasteiger partial charge on any atom is 0.330 e. The molecule has 0 aromatic heterocycles. The van der Waals surface area contributed by atoms with Crippen LogP contribution in [0.2, 0.25) is 29.7 Å². The number of carbonyl (C=O) groups excluding carboxylic acids is 8. The van der Waals surface area contributed by atoms with Crippen LogP contribution >= 0.6 is 23.2 Å². The maximum absolute atomic E-state index is 16.5. The average molecular weight is 1910 g/mol. The first-order valence-electron chi connectivity index (χ1n) is 43.1. The topological polar surface area (TPSA) is 650 Å². The molecule has 1 aliphatic carbocycles. The number of nitrogens with two attached hydrogens (primary N) is 1. The Morgan fingerprint density at radius 1 is 0.699 bits per heavy atom. The number of benzene rings is 6. The molecule has 8 amide bonds. The molecule has 6 aromatic carbocycles. The van der Waals surface area contributed by atoms with Crippen molar-refractivity contribution in [3.05, 3.63) is 152 Å². The summed E-state index contributed by atoms with van der Waals surface area (Å²) in [7, 11) is -0.256. The Bertz CT molecular complexity index is 5360. The van der Waals surface area contributed by atoms with Crippen molar-refractivity contribution in [3.63, 3.8) is 0 Å². The third-order valence-corrected chi connectivity index (χ3v) is 25.3. The van der Waals surface area contributed by atoms with Gasteiger partial charge in [-0.1, -0.05) is 107 Å². The predicted octanol–water partition coefficient (Wildman–Crippen LogP) is 0.252. The molecule has 6 heterocycles. The molecule has 43 heteroatoms. The number of halogens is 2. The molecule has 2 fully saturated rings. The van der Waals surface area contributed by atoms with Crippen LogP contribution in [0.5, 0.6) is 46.0 Å². The Morgan fingerprint density at radius 2 is 1.32 bits per heavy atom. The van der Waals surface area contributed by atoms with Gasteiger partial charge in [0.05, 0.1) is 53.5 Å². The monoisotopic (exact) mass is 1910 g/mol. The van der Waals surface area contributed by atoms with Gasteiger partial charge in [-0.2, -0.15) is 0 Å². The maximum atomic E-state index is 16.5. The fourth-order valence-electron chi connectivity index (χ4n) is 16.4. The van der Waals surface area contributed by atoms with Crippen LogP contribution in [-0.2, 0) is 65.7 Å². The van der Waals surface area contributed by atoms with Crippen LogP contribution in [0.1, 0.15) is 141 Å². The lowest BCUT2D eigenvalue weighted by atomic mass is 9.70. The number of aliphatic hydroxyl groups is 11. The van der Waals surface area contributed by atoms with Gasteiger partial charge in [-0.25, -0.2) is 4.79 Å². The second kappa shape index (κ2) is 44.0. The van der Waals surface area contributed by atoms with Crippen LogP contribution < -0.4 is 73.1 Å². The molecule has 133 heavy (non-hydrogen) atoms. The van der Waals surface area contributed by atoms with Crippen molar-refractivity contribution in [1.82, 2.24) is 53.2 Å². The number of aliphatic hydroxyl groups excluding tert-OH is 11. The standard InChI is InChI=1S/C90H113Cl2N11O29Si/c1-9-90(97-35-42-13-11-41(12-14-42)21-24-133(6,7)8)34-47(26-40(4)80(90)118)128-79-76(116)74(114)62(38-105)131-89(79)132-78-60-30-46-31-61(78)130-59-20-17-45(29-52(59)92)71(111)69-86(124)101-67(88(126)127)49-32-56(107)50(36-95-22-10-23-96-87(125)77(117)75(115)73(113)57(108)37-104)72(112)64(49)48-27-43(15-18-55(48)106)65(83(121)103-69)100-84(122)66(46)99-82(120)54(33-63(93)109)98-85(123)68(102-81(119)53(94-5)25-39(2)3)70(110)44-16-19-58(129-60)51(91)28-44/h11-20,27-32,39-40,47,53-54,57,62,65-71,73-77,79-80,89,94-95,97,104-108,110-118H,9-10,22-23,25-26,33-38H2,1-8H3,(H2,93,109)(H,96,125)(H,98,123)(H,99,120)(H,100,122)(H,101,124)(H,102,119)(H,103,121)(H,126,127)/t40-,47-,53-,54?,57-,62-,65-,66-,67+,68-,69+,70-,71-,73-,74?,75+,76?,77-,79-,80-,89?,90?/m1/s1. The molecule has 5 unspecified atom stereocenters. The Kier molecular flexibility index (Phi) is 34.0. The molecule has 720 valence electrons. The van der Waals surface area contributed by atoms with Gasteiger partial charge in [0, 0.05) is 47.4 Å². The fourth-order valence-corrected chi connectivity index (χ4v) is 17.4. The summed E-state index contributed by atoms with van der Waals surface area (Å²) in [5.74, 6) is -15.3. The first-order valence-corrected chi connectivity index (χ1v) is 47.4. The quantitative estimate of drug-likeness (QED) is 0.0178.